The number of carbonyl (C=O) groups excluding carboxylic acids is 1. The Hall–Kier alpha value is -3.15. The summed E-state index contributed by atoms with van der Waals surface area (Å²) in [4.78, 5) is 16.0. The molecule has 0 radical (unpaired) electrons. The highest BCUT2D eigenvalue weighted by Crippen LogP contribution is 2.17. The molecule has 0 fully saturated rings. The summed E-state index contributed by atoms with van der Waals surface area (Å²) in [5.74, 6) is 0.217. The minimum absolute atomic E-state index is 0.0844. The summed E-state index contributed by atoms with van der Waals surface area (Å²) in [7, 11) is 0. The number of phenols is 1. The minimum atomic E-state index is -0.528. The first-order valence-electron chi connectivity index (χ1n) is 6.97. The molecule has 0 aliphatic carbocycles. The fraction of sp³-hybridized carbons (Fsp3) is 0.118. The van der Waals surface area contributed by atoms with Crippen molar-refractivity contribution in [1.29, 1.82) is 0 Å². The first-order valence-corrected chi connectivity index (χ1v) is 6.97. The largest absolute Gasteiger partial charge is 0.508 e. The maximum atomic E-state index is 11.8. The number of esters is 1. The SMILES string of the molecule is Cc1ccc(-c2noc(COC(=O)c3ccc(O)cc3)n2)cc1. The van der Waals surface area contributed by atoms with Crippen LogP contribution in [0.2, 0.25) is 0 Å². The number of rotatable bonds is 4. The van der Waals surface area contributed by atoms with E-state index in [1.54, 1.807) is 0 Å². The number of aromatic nitrogens is 2. The predicted octanol–water partition coefficient (Wildman–Crippen LogP) is 3.11. The number of aromatic hydroxyl groups is 1. The van der Waals surface area contributed by atoms with Crippen molar-refractivity contribution in [3.05, 3.63) is 65.5 Å². The number of phenolic OH excluding ortho intramolecular Hbond substituents is 1. The van der Waals surface area contributed by atoms with Gasteiger partial charge in [0.05, 0.1) is 5.56 Å². The first kappa shape index (κ1) is 14.8. The summed E-state index contributed by atoms with van der Waals surface area (Å²) < 4.78 is 10.2. The highest BCUT2D eigenvalue weighted by Gasteiger charge is 2.12. The Kier molecular flexibility index (Phi) is 4.05. The highest BCUT2D eigenvalue weighted by atomic mass is 16.6. The second-order valence-corrected chi connectivity index (χ2v) is 5.00. The molecule has 3 aromatic rings. The number of ether oxygens (including phenoxy) is 1. The molecule has 1 N–H and O–H groups in total. The molecule has 23 heavy (non-hydrogen) atoms. The third kappa shape index (κ3) is 3.55. The normalized spacial score (nSPS) is 10.5. The van der Waals surface area contributed by atoms with Gasteiger partial charge in [-0.2, -0.15) is 4.98 Å². The van der Waals surface area contributed by atoms with Gasteiger partial charge in [-0.3, -0.25) is 0 Å². The standard InChI is InChI=1S/C17H14N2O4/c1-11-2-4-12(5-3-11)16-18-15(23-19-16)10-22-17(21)13-6-8-14(20)9-7-13/h2-9,20H,10H2,1H3. The Balaban J connectivity index is 1.64. The number of nitrogens with zero attached hydrogens (tertiary/aromatic N) is 2. The smallest absolute Gasteiger partial charge is 0.338 e. The summed E-state index contributed by atoms with van der Waals surface area (Å²) in [6, 6.07) is 13.5. The Morgan fingerprint density at radius 2 is 1.83 bits per heavy atom. The summed E-state index contributed by atoms with van der Waals surface area (Å²) in [5.41, 5.74) is 2.30. The van der Waals surface area contributed by atoms with Crippen LogP contribution in [0.3, 0.4) is 0 Å². The summed E-state index contributed by atoms with van der Waals surface area (Å²) in [6.07, 6.45) is 0. The number of carbonyl (C=O) groups is 1. The first-order chi connectivity index (χ1) is 11.1. The topological polar surface area (TPSA) is 85.5 Å². The fourth-order valence-corrected chi connectivity index (χ4v) is 1.94. The van der Waals surface area contributed by atoms with E-state index in [0.29, 0.717) is 11.4 Å². The summed E-state index contributed by atoms with van der Waals surface area (Å²) in [6.45, 7) is 1.88. The van der Waals surface area contributed by atoms with E-state index in [1.165, 1.54) is 24.3 Å². The molecule has 1 heterocycles. The van der Waals surface area contributed by atoms with Crippen LogP contribution in [0.4, 0.5) is 0 Å². The zero-order valence-electron chi connectivity index (χ0n) is 12.4. The molecule has 0 spiro atoms. The molecule has 3 rings (SSSR count). The molecule has 0 atom stereocenters. The number of aryl methyl sites for hydroxylation is 1. The molecule has 6 nitrogen and oxygen atoms in total. The molecule has 0 saturated carbocycles. The van der Waals surface area contributed by atoms with Crippen LogP contribution < -0.4 is 0 Å². The van der Waals surface area contributed by atoms with E-state index in [1.807, 2.05) is 31.2 Å². The number of hydrogen-bond donors (Lipinski definition) is 1. The van der Waals surface area contributed by atoms with Gasteiger partial charge in [0.25, 0.3) is 5.89 Å². The predicted molar refractivity (Wildman–Crippen MR) is 81.7 cm³/mol. The van der Waals surface area contributed by atoms with E-state index in [2.05, 4.69) is 10.1 Å². The molecule has 6 heteroatoms. The van der Waals surface area contributed by atoms with E-state index in [4.69, 9.17) is 9.26 Å². The van der Waals surface area contributed by atoms with Crippen molar-refractivity contribution in [2.75, 3.05) is 0 Å². The van der Waals surface area contributed by atoms with Gasteiger partial charge in [-0.25, -0.2) is 4.79 Å². The van der Waals surface area contributed by atoms with Crippen molar-refractivity contribution in [3.63, 3.8) is 0 Å². The fourth-order valence-electron chi connectivity index (χ4n) is 1.94. The van der Waals surface area contributed by atoms with Crippen molar-refractivity contribution in [3.8, 4) is 17.1 Å². The van der Waals surface area contributed by atoms with E-state index in [-0.39, 0.29) is 18.2 Å². The Morgan fingerprint density at radius 3 is 2.52 bits per heavy atom. The average molecular weight is 310 g/mol. The molecule has 0 aliphatic heterocycles. The van der Waals surface area contributed by atoms with Gasteiger partial charge in [0.15, 0.2) is 6.61 Å². The van der Waals surface area contributed by atoms with Crippen molar-refractivity contribution in [2.45, 2.75) is 13.5 Å². The van der Waals surface area contributed by atoms with Gasteiger partial charge in [-0.05, 0) is 31.2 Å². The van der Waals surface area contributed by atoms with Crippen LogP contribution in [0.5, 0.6) is 5.75 Å². The molecule has 2 aromatic carbocycles. The molecular weight excluding hydrogens is 296 g/mol. The Morgan fingerprint density at radius 1 is 1.13 bits per heavy atom. The lowest BCUT2D eigenvalue weighted by molar-refractivity contribution is 0.0430. The van der Waals surface area contributed by atoms with E-state index >= 15 is 0 Å². The summed E-state index contributed by atoms with van der Waals surface area (Å²) >= 11 is 0. The third-order valence-corrected chi connectivity index (χ3v) is 3.21. The van der Waals surface area contributed by atoms with Crippen molar-refractivity contribution >= 4 is 5.97 Å². The zero-order valence-corrected chi connectivity index (χ0v) is 12.4. The van der Waals surface area contributed by atoms with Crippen LogP contribution in [0.15, 0.2) is 53.1 Å². The van der Waals surface area contributed by atoms with Crippen LogP contribution in [0.25, 0.3) is 11.4 Å². The van der Waals surface area contributed by atoms with Crippen molar-refractivity contribution < 1.29 is 19.2 Å². The lowest BCUT2D eigenvalue weighted by Crippen LogP contribution is -2.05. The van der Waals surface area contributed by atoms with Crippen LogP contribution in [-0.4, -0.2) is 21.2 Å². The van der Waals surface area contributed by atoms with Gasteiger partial charge in [0, 0.05) is 5.56 Å². The number of hydrogen-bond acceptors (Lipinski definition) is 6. The molecule has 0 bridgehead atoms. The Labute approximate surface area is 132 Å². The van der Waals surface area contributed by atoms with Gasteiger partial charge < -0.3 is 14.4 Å². The van der Waals surface area contributed by atoms with E-state index < -0.39 is 5.97 Å². The van der Waals surface area contributed by atoms with Crippen LogP contribution in [0, 0.1) is 6.92 Å². The molecule has 0 aliphatic rings. The monoisotopic (exact) mass is 310 g/mol. The minimum Gasteiger partial charge on any atom is -0.508 e. The molecular formula is C17H14N2O4. The lowest BCUT2D eigenvalue weighted by atomic mass is 10.1. The van der Waals surface area contributed by atoms with Crippen LogP contribution in [-0.2, 0) is 11.3 Å². The Bertz CT molecular complexity index is 807. The van der Waals surface area contributed by atoms with Crippen LogP contribution >= 0.6 is 0 Å². The summed E-state index contributed by atoms with van der Waals surface area (Å²) in [5, 5.41) is 13.1. The second kappa shape index (κ2) is 6.31. The van der Waals surface area contributed by atoms with Gasteiger partial charge >= 0.3 is 5.97 Å². The quantitative estimate of drug-likeness (QED) is 0.745. The van der Waals surface area contributed by atoms with Crippen molar-refractivity contribution in [2.24, 2.45) is 0 Å². The van der Waals surface area contributed by atoms with Gasteiger partial charge in [0.1, 0.15) is 5.75 Å². The zero-order chi connectivity index (χ0) is 16.2. The average Bonchev–Trinajstić information content (AvgIpc) is 3.03. The molecule has 0 saturated heterocycles. The van der Waals surface area contributed by atoms with Gasteiger partial charge in [-0.1, -0.05) is 35.0 Å². The van der Waals surface area contributed by atoms with E-state index in [9.17, 15) is 9.90 Å². The molecule has 0 amide bonds. The third-order valence-electron chi connectivity index (χ3n) is 3.21. The molecule has 116 valence electrons. The maximum absolute atomic E-state index is 11.8. The molecule has 0 unspecified atom stereocenters. The van der Waals surface area contributed by atoms with Crippen LogP contribution in [0.1, 0.15) is 21.8 Å². The van der Waals surface area contributed by atoms with Gasteiger partial charge in [-0.15, -0.1) is 0 Å². The molecule has 1 aromatic heterocycles. The van der Waals surface area contributed by atoms with Gasteiger partial charge in [0.2, 0.25) is 5.82 Å². The number of benzene rings is 2. The lowest BCUT2D eigenvalue weighted by Gasteiger charge is -2.01. The van der Waals surface area contributed by atoms with Crippen molar-refractivity contribution in [1.82, 2.24) is 10.1 Å². The highest BCUT2D eigenvalue weighted by molar-refractivity contribution is 5.89. The second-order valence-electron chi connectivity index (χ2n) is 5.00. The maximum Gasteiger partial charge on any atom is 0.338 e. The van der Waals surface area contributed by atoms with E-state index in [0.717, 1.165) is 11.1 Å².